The third-order valence-corrected chi connectivity index (χ3v) is 5.08. The molecule has 4 rings (SSSR count). The molecule has 1 saturated carbocycles. The van der Waals surface area contributed by atoms with Gasteiger partial charge in [0.1, 0.15) is 12.0 Å². The Labute approximate surface area is 177 Å². The van der Waals surface area contributed by atoms with Crippen LogP contribution in [0.5, 0.6) is 5.75 Å². The number of aromatic nitrogens is 1. The van der Waals surface area contributed by atoms with Crippen LogP contribution < -0.4 is 15.4 Å². The fraction of sp³-hybridized carbons (Fsp3) is 0.333. The molecule has 0 bridgehead atoms. The maximum Gasteiger partial charge on any atom is 0.226 e. The first-order valence-corrected chi connectivity index (χ1v) is 10.6. The summed E-state index contributed by atoms with van der Waals surface area (Å²) >= 11 is 0. The van der Waals surface area contributed by atoms with E-state index < -0.39 is 0 Å². The van der Waals surface area contributed by atoms with Gasteiger partial charge in [-0.05, 0) is 44.4 Å². The molecule has 1 heterocycles. The Morgan fingerprint density at radius 1 is 1.10 bits per heavy atom. The van der Waals surface area contributed by atoms with Crippen molar-refractivity contribution in [3.05, 3.63) is 72.1 Å². The molecule has 0 spiro atoms. The van der Waals surface area contributed by atoms with Crippen LogP contribution in [0.25, 0.3) is 11.5 Å². The molecule has 6 heteroatoms. The molecule has 3 aromatic rings. The van der Waals surface area contributed by atoms with Crippen molar-refractivity contribution in [1.82, 2.24) is 15.6 Å². The fourth-order valence-electron chi connectivity index (χ4n) is 3.20. The zero-order valence-corrected chi connectivity index (χ0v) is 17.3. The van der Waals surface area contributed by atoms with E-state index in [1.807, 2.05) is 48.5 Å². The van der Waals surface area contributed by atoms with E-state index in [2.05, 4.69) is 28.6 Å². The highest BCUT2D eigenvalue weighted by Crippen LogP contribution is 2.28. The Morgan fingerprint density at radius 3 is 2.67 bits per heavy atom. The van der Waals surface area contributed by atoms with Gasteiger partial charge >= 0.3 is 0 Å². The van der Waals surface area contributed by atoms with Crippen molar-refractivity contribution in [2.45, 2.75) is 45.4 Å². The van der Waals surface area contributed by atoms with Crippen molar-refractivity contribution in [2.24, 2.45) is 4.99 Å². The second kappa shape index (κ2) is 9.96. The lowest BCUT2D eigenvalue weighted by Gasteiger charge is -2.27. The second-order valence-corrected chi connectivity index (χ2v) is 7.34. The van der Waals surface area contributed by atoms with Crippen molar-refractivity contribution in [1.29, 1.82) is 0 Å². The normalized spacial score (nSPS) is 14.2. The lowest BCUT2D eigenvalue weighted by atomic mass is 9.96. The lowest BCUT2D eigenvalue weighted by molar-refractivity contribution is 0.119. The summed E-state index contributed by atoms with van der Waals surface area (Å²) in [6, 6.07) is 18.0. The first-order chi connectivity index (χ1) is 14.8. The van der Waals surface area contributed by atoms with Crippen LogP contribution in [-0.2, 0) is 13.1 Å². The molecule has 1 aromatic heterocycles. The van der Waals surface area contributed by atoms with Crippen molar-refractivity contribution in [3.63, 3.8) is 0 Å². The third-order valence-electron chi connectivity index (χ3n) is 5.08. The first-order valence-electron chi connectivity index (χ1n) is 10.6. The Hall–Kier alpha value is -3.28. The molecule has 0 aliphatic heterocycles. The number of aliphatic imine (C=N–C) groups is 1. The SMILES string of the molecule is CCNC(=NCc1ccccc1OC1CCC1)NCc1coc(-c2ccccc2)n1. The molecule has 0 unspecified atom stereocenters. The van der Waals surface area contributed by atoms with Crippen LogP contribution in [0.3, 0.4) is 0 Å². The van der Waals surface area contributed by atoms with Gasteiger partial charge in [0.15, 0.2) is 5.96 Å². The van der Waals surface area contributed by atoms with E-state index in [-0.39, 0.29) is 0 Å². The molecule has 30 heavy (non-hydrogen) atoms. The van der Waals surface area contributed by atoms with Crippen molar-refractivity contribution >= 4 is 5.96 Å². The molecule has 156 valence electrons. The summed E-state index contributed by atoms with van der Waals surface area (Å²) in [5.41, 5.74) is 2.88. The largest absolute Gasteiger partial charge is 0.490 e. The molecule has 0 radical (unpaired) electrons. The average molecular weight is 405 g/mol. The van der Waals surface area contributed by atoms with Gasteiger partial charge in [0, 0.05) is 17.7 Å². The standard InChI is InChI=1S/C24H28N4O2/c1-2-25-24(26-15-19-11-6-7-14-22(19)30-21-12-8-13-21)27-16-20-17-29-23(28-20)18-9-4-3-5-10-18/h3-7,9-11,14,17,21H,2,8,12-13,15-16H2,1H3,(H2,25,26,27). The smallest absolute Gasteiger partial charge is 0.226 e. The Bertz CT molecular complexity index is 964. The van der Waals surface area contributed by atoms with Gasteiger partial charge in [0.2, 0.25) is 5.89 Å². The quantitative estimate of drug-likeness (QED) is 0.426. The summed E-state index contributed by atoms with van der Waals surface area (Å²) in [5.74, 6) is 2.29. The van der Waals surface area contributed by atoms with Crippen LogP contribution >= 0.6 is 0 Å². The fourth-order valence-corrected chi connectivity index (χ4v) is 3.20. The number of rotatable bonds is 8. The number of hydrogen-bond acceptors (Lipinski definition) is 4. The summed E-state index contributed by atoms with van der Waals surface area (Å²) in [4.78, 5) is 9.29. The second-order valence-electron chi connectivity index (χ2n) is 7.34. The minimum Gasteiger partial charge on any atom is -0.490 e. The van der Waals surface area contributed by atoms with Gasteiger partial charge in [-0.15, -0.1) is 0 Å². The van der Waals surface area contributed by atoms with Crippen LogP contribution in [0.2, 0.25) is 0 Å². The predicted octanol–water partition coefficient (Wildman–Crippen LogP) is 4.53. The highest BCUT2D eigenvalue weighted by atomic mass is 16.5. The number of nitrogens with one attached hydrogen (secondary N) is 2. The van der Waals surface area contributed by atoms with Crippen molar-refractivity contribution < 1.29 is 9.15 Å². The molecule has 1 fully saturated rings. The number of benzene rings is 2. The molecular weight excluding hydrogens is 376 g/mol. The van der Waals surface area contributed by atoms with Crippen LogP contribution in [0.1, 0.15) is 37.4 Å². The highest BCUT2D eigenvalue weighted by molar-refractivity contribution is 5.79. The van der Waals surface area contributed by atoms with Crippen LogP contribution in [0.4, 0.5) is 0 Å². The maximum absolute atomic E-state index is 6.12. The van der Waals surface area contributed by atoms with E-state index in [0.29, 0.717) is 25.1 Å². The lowest BCUT2D eigenvalue weighted by Crippen LogP contribution is -2.36. The van der Waals surface area contributed by atoms with Crippen LogP contribution in [0.15, 0.2) is 70.3 Å². The highest BCUT2D eigenvalue weighted by Gasteiger charge is 2.20. The Balaban J connectivity index is 1.38. The predicted molar refractivity (Wildman–Crippen MR) is 118 cm³/mol. The molecule has 1 aliphatic carbocycles. The van der Waals surface area contributed by atoms with Crippen molar-refractivity contribution in [3.8, 4) is 17.2 Å². The van der Waals surface area contributed by atoms with Crippen LogP contribution in [-0.4, -0.2) is 23.6 Å². The maximum atomic E-state index is 6.12. The summed E-state index contributed by atoms with van der Waals surface area (Å²) in [7, 11) is 0. The Morgan fingerprint density at radius 2 is 1.90 bits per heavy atom. The molecule has 0 saturated heterocycles. The number of hydrogen-bond donors (Lipinski definition) is 2. The molecule has 0 atom stereocenters. The first kappa shape index (κ1) is 20.0. The van der Waals surface area contributed by atoms with E-state index in [1.54, 1.807) is 6.26 Å². The van der Waals surface area contributed by atoms with Gasteiger partial charge in [-0.2, -0.15) is 0 Å². The van der Waals surface area contributed by atoms with E-state index in [0.717, 1.165) is 47.9 Å². The number of oxazole rings is 1. The molecule has 2 N–H and O–H groups in total. The molecular formula is C24H28N4O2. The van der Waals surface area contributed by atoms with E-state index >= 15 is 0 Å². The Kier molecular flexibility index (Phi) is 6.65. The van der Waals surface area contributed by atoms with Crippen LogP contribution in [0, 0.1) is 0 Å². The molecule has 2 aromatic carbocycles. The van der Waals surface area contributed by atoms with E-state index in [9.17, 15) is 0 Å². The summed E-state index contributed by atoms with van der Waals surface area (Å²) in [6.07, 6.45) is 5.58. The van der Waals surface area contributed by atoms with Gasteiger partial charge < -0.3 is 19.8 Å². The van der Waals surface area contributed by atoms with E-state index in [1.165, 1.54) is 6.42 Å². The van der Waals surface area contributed by atoms with Gasteiger partial charge in [-0.1, -0.05) is 36.4 Å². The number of guanidine groups is 1. The number of nitrogens with zero attached hydrogens (tertiary/aromatic N) is 2. The number of para-hydroxylation sites is 1. The summed E-state index contributed by atoms with van der Waals surface area (Å²) < 4.78 is 11.7. The zero-order valence-electron chi connectivity index (χ0n) is 17.3. The number of ether oxygens (including phenoxy) is 1. The van der Waals surface area contributed by atoms with E-state index in [4.69, 9.17) is 14.1 Å². The monoisotopic (exact) mass is 404 g/mol. The third kappa shape index (κ3) is 5.20. The van der Waals surface area contributed by atoms with Gasteiger partial charge in [0.25, 0.3) is 0 Å². The minimum absolute atomic E-state index is 0.354. The molecule has 1 aliphatic rings. The summed E-state index contributed by atoms with van der Waals surface area (Å²) in [6.45, 7) is 3.91. The minimum atomic E-state index is 0.354. The zero-order chi connectivity index (χ0) is 20.6. The summed E-state index contributed by atoms with van der Waals surface area (Å²) in [5, 5.41) is 6.61. The topological polar surface area (TPSA) is 71.7 Å². The molecule has 0 amide bonds. The van der Waals surface area contributed by atoms with Gasteiger partial charge in [0.05, 0.1) is 24.9 Å². The van der Waals surface area contributed by atoms with Crippen molar-refractivity contribution in [2.75, 3.05) is 6.54 Å². The van der Waals surface area contributed by atoms with Gasteiger partial charge in [-0.25, -0.2) is 9.98 Å². The molecule has 6 nitrogen and oxygen atoms in total. The average Bonchev–Trinajstić information content (AvgIpc) is 3.23. The van der Waals surface area contributed by atoms with Gasteiger partial charge in [-0.3, -0.25) is 0 Å².